The number of aliphatic hydroxyl groups excluding tert-OH is 1. The molecule has 3 aromatic rings. The highest BCUT2D eigenvalue weighted by Gasteiger charge is 2.08. The van der Waals surface area contributed by atoms with Gasteiger partial charge in [-0.15, -0.1) is 0 Å². The molecule has 3 rings (SSSR count). The Hall–Kier alpha value is -2.39. The van der Waals surface area contributed by atoms with Crippen LogP contribution in [0.15, 0.2) is 60.7 Å². The monoisotopic (exact) mass is 251 g/mol. The third kappa shape index (κ3) is 2.41. The predicted octanol–water partition coefficient (Wildman–Crippen LogP) is 3.52. The lowest BCUT2D eigenvalue weighted by molar-refractivity contribution is 0.275. The summed E-state index contributed by atoms with van der Waals surface area (Å²) in [7, 11) is 0. The van der Waals surface area contributed by atoms with Crippen LogP contribution in [0.5, 0.6) is 11.6 Å². The van der Waals surface area contributed by atoms with Crippen molar-refractivity contribution in [3.05, 3.63) is 66.2 Å². The van der Waals surface area contributed by atoms with E-state index in [1.807, 2.05) is 60.7 Å². The third-order valence-electron chi connectivity index (χ3n) is 2.89. The molecule has 0 unspecified atom stereocenters. The van der Waals surface area contributed by atoms with Gasteiger partial charge in [0, 0.05) is 10.9 Å². The quantitative estimate of drug-likeness (QED) is 0.774. The third-order valence-corrected chi connectivity index (χ3v) is 2.89. The molecule has 0 atom stereocenters. The van der Waals surface area contributed by atoms with E-state index in [0.717, 1.165) is 10.9 Å². The fraction of sp³-hybridized carbons (Fsp3) is 0.0625. The van der Waals surface area contributed by atoms with Crippen LogP contribution in [0.2, 0.25) is 0 Å². The first kappa shape index (κ1) is 11.7. The number of para-hydroxylation sites is 2. The summed E-state index contributed by atoms with van der Waals surface area (Å²) in [4.78, 5) is 4.46. The molecule has 0 amide bonds. The van der Waals surface area contributed by atoms with E-state index in [1.165, 1.54) is 0 Å². The summed E-state index contributed by atoms with van der Waals surface area (Å²) in [5.74, 6) is 1.16. The van der Waals surface area contributed by atoms with Crippen LogP contribution in [-0.2, 0) is 6.61 Å². The fourth-order valence-corrected chi connectivity index (χ4v) is 1.94. The first-order valence-corrected chi connectivity index (χ1v) is 6.09. The molecule has 1 heterocycles. The smallest absolute Gasteiger partial charge is 0.225 e. The minimum absolute atomic E-state index is 0.0972. The molecule has 0 aliphatic carbocycles. The van der Waals surface area contributed by atoms with Gasteiger partial charge in [0.2, 0.25) is 5.88 Å². The number of pyridine rings is 1. The number of ether oxygens (including phenoxy) is 1. The van der Waals surface area contributed by atoms with E-state index < -0.39 is 0 Å². The van der Waals surface area contributed by atoms with Crippen LogP contribution in [0.4, 0.5) is 0 Å². The summed E-state index contributed by atoms with van der Waals surface area (Å²) in [6.07, 6.45) is 0. The highest BCUT2D eigenvalue weighted by Crippen LogP contribution is 2.26. The topological polar surface area (TPSA) is 42.4 Å². The molecule has 0 saturated heterocycles. The Morgan fingerprint density at radius 3 is 2.47 bits per heavy atom. The normalized spacial score (nSPS) is 10.6. The predicted molar refractivity (Wildman–Crippen MR) is 74.2 cm³/mol. The van der Waals surface area contributed by atoms with Gasteiger partial charge in [-0.05, 0) is 24.3 Å². The van der Waals surface area contributed by atoms with E-state index in [1.54, 1.807) is 0 Å². The summed E-state index contributed by atoms with van der Waals surface area (Å²) in [6, 6.07) is 19.1. The molecule has 0 fully saturated rings. The molecule has 0 saturated carbocycles. The number of fused-ring (bicyclic) bond motifs is 1. The molecule has 0 spiro atoms. The van der Waals surface area contributed by atoms with E-state index in [-0.39, 0.29) is 6.61 Å². The summed E-state index contributed by atoms with van der Waals surface area (Å²) >= 11 is 0. The zero-order valence-electron chi connectivity index (χ0n) is 10.3. The molecular formula is C16H13NO2. The van der Waals surface area contributed by atoms with Crippen molar-refractivity contribution in [1.29, 1.82) is 0 Å². The average Bonchev–Trinajstić information content (AvgIpc) is 2.47. The van der Waals surface area contributed by atoms with Crippen LogP contribution in [0.3, 0.4) is 0 Å². The Kier molecular flexibility index (Phi) is 3.12. The Morgan fingerprint density at radius 1 is 0.947 bits per heavy atom. The second-order valence-electron chi connectivity index (χ2n) is 4.22. The molecule has 0 radical (unpaired) electrons. The first-order chi connectivity index (χ1) is 9.36. The Balaban J connectivity index is 2.06. The zero-order valence-corrected chi connectivity index (χ0v) is 10.3. The van der Waals surface area contributed by atoms with Gasteiger partial charge in [0.15, 0.2) is 0 Å². The lowest BCUT2D eigenvalue weighted by atomic mass is 10.1. The van der Waals surface area contributed by atoms with Crippen molar-refractivity contribution in [1.82, 2.24) is 4.98 Å². The molecule has 94 valence electrons. The van der Waals surface area contributed by atoms with Crippen molar-refractivity contribution in [3.63, 3.8) is 0 Å². The van der Waals surface area contributed by atoms with Gasteiger partial charge in [0.05, 0.1) is 12.1 Å². The lowest BCUT2D eigenvalue weighted by Gasteiger charge is -2.10. The van der Waals surface area contributed by atoms with Gasteiger partial charge in [-0.2, -0.15) is 0 Å². The maximum absolute atomic E-state index is 9.44. The Labute approximate surface area is 111 Å². The average molecular weight is 251 g/mol. The number of aromatic nitrogens is 1. The van der Waals surface area contributed by atoms with Gasteiger partial charge in [-0.1, -0.05) is 36.4 Å². The SMILES string of the molecule is OCc1cc2ccccc2nc1Oc1ccccc1. The van der Waals surface area contributed by atoms with Crippen molar-refractivity contribution < 1.29 is 9.84 Å². The van der Waals surface area contributed by atoms with Gasteiger partial charge in [0.25, 0.3) is 0 Å². The van der Waals surface area contributed by atoms with E-state index in [9.17, 15) is 5.11 Å². The van der Waals surface area contributed by atoms with Crippen molar-refractivity contribution in [2.45, 2.75) is 6.61 Å². The maximum Gasteiger partial charge on any atom is 0.225 e. The van der Waals surface area contributed by atoms with Crippen LogP contribution < -0.4 is 4.74 Å². The fourth-order valence-electron chi connectivity index (χ4n) is 1.94. The molecule has 0 bridgehead atoms. The maximum atomic E-state index is 9.44. The number of hydrogen-bond donors (Lipinski definition) is 1. The largest absolute Gasteiger partial charge is 0.439 e. The van der Waals surface area contributed by atoms with Gasteiger partial charge in [-0.3, -0.25) is 0 Å². The van der Waals surface area contributed by atoms with E-state index >= 15 is 0 Å². The van der Waals surface area contributed by atoms with Crippen molar-refractivity contribution in [2.75, 3.05) is 0 Å². The van der Waals surface area contributed by atoms with Gasteiger partial charge < -0.3 is 9.84 Å². The van der Waals surface area contributed by atoms with Crippen molar-refractivity contribution in [2.24, 2.45) is 0 Å². The van der Waals surface area contributed by atoms with Crippen LogP contribution in [0, 0.1) is 0 Å². The highest BCUT2D eigenvalue weighted by molar-refractivity contribution is 5.80. The summed E-state index contributed by atoms with van der Waals surface area (Å²) in [5.41, 5.74) is 1.54. The van der Waals surface area contributed by atoms with E-state index in [4.69, 9.17) is 4.74 Å². The minimum atomic E-state index is -0.0972. The molecule has 2 aromatic carbocycles. The Morgan fingerprint density at radius 2 is 1.68 bits per heavy atom. The van der Waals surface area contributed by atoms with Crippen molar-refractivity contribution >= 4 is 10.9 Å². The first-order valence-electron chi connectivity index (χ1n) is 6.09. The van der Waals surface area contributed by atoms with Gasteiger partial charge in [-0.25, -0.2) is 4.98 Å². The summed E-state index contributed by atoms with van der Waals surface area (Å²) in [6.45, 7) is -0.0972. The lowest BCUT2D eigenvalue weighted by Crippen LogP contribution is -1.95. The van der Waals surface area contributed by atoms with Gasteiger partial charge in [0.1, 0.15) is 5.75 Å². The number of benzene rings is 2. The number of nitrogens with zero attached hydrogens (tertiary/aromatic N) is 1. The summed E-state index contributed by atoms with van der Waals surface area (Å²) < 4.78 is 5.74. The molecule has 1 aromatic heterocycles. The molecule has 19 heavy (non-hydrogen) atoms. The molecule has 0 aliphatic heterocycles. The number of aliphatic hydroxyl groups is 1. The van der Waals surface area contributed by atoms with Crippen LogP contribution in [0.25, 0.3) is 10.9 Å². The summed E-state index contributed by atoms with van der Waals surface area (Å²) in [5, 5.41) is 10.4. The van der Waals surface area contributed by atoms with E-state index in [2.05, 4.69) is 4.98 Å². The highest BCUT2D eigenvalue weighted by atomic mass is 16.5. The Bertz CT molecular complexity index is 695. The number of hydrogen-bond acceptors (Lipinski definition) is 3. The molecule has 3 nitrogen and oxygen atoms in total. The van der Waals surface area contributed by atoms with E-state index in [0.29, 0.717) is 17.2 Å². The van der Waals surface area contributed by atoms with Crippen LogP contribution in [-0.4, -0.2) is 10.1 Å². The van der Waals surface area contributed by atoms with Crippen LogP contribution in [0.1, 0.15) is 5.56 Å². The molecular weight excluding hydrogens is 238 g/mol. The standard InChI is InChI=1S/C16H13NO2/c18-11-13-10-12-6-4-5-9-15(12)17-16(13)19-14-7-2-1-3-8-14/h1-10,18H,11H2. The van der Waals surface area contributed by atoms with Crippen LogP contribution >= 0.6 is 0 Å². The number of rotatable bonds is 3. The molecule has 1 N–H and O–H groups in total. The molecule has 0 aliphatic rings. The van der Waals surface area contributed by atoms with Crippen molar-refractivity contribution in [3.8, 4) is 11.6 Å². The van der Waals surface area contributed by atoms with Gasteiger partial charge >= 0.3 is 0 Å². The second-order valence-corrected chi connectivity index (χ2v) is 4.22. The zero-order chi connectivity index (χ0) is 13.1. The minimum Gasteiger partial charge on any atom is -0.439 e. The second kappa shape index (κ2) is 5.08. The molecule has 3 heteroatoms.